The van der Waals surface area contributed by atoms with Gasteiger partial charge in [-0.05, 0) is 50.1 Å². The van der Waals surface area contributed by atoms with E-state index in [1.165, 1.54) is 11.0 Å². The Balaban J connectivity index is 2.25. The lowest BCUT2D eigenvalue weighted by molar-refractivity contribution is -0.143. The molecule has 0 saturated heterocycles. The first-order valence-electron chi connectivity index (χ1n) is 9.64. The van der Waals surface area contributed by atoms with Crippen LogP contribution in [0.5, 0.6) is 5.75 Å². The van der Waals surface area contributed by atoms with Crippen LogP contribution in [0.3, 0.4) is 0 Å². The normalized spacial score (nSPS) is 11.8. The van der Waals surface area contributed by atoms with Gasteiger partial charge in [-0.25, -0.2) is 0 Å². The van der Waals surface area contributed by atoms with Crippen LogP contribution in [-0.2, 0) is 16.1 Å². The molecule has 0 unspecified atom stereocenters. The molecule has 30 heavy (non-hydrogen) atoms. The number of halogens is 3. The number of hydrogen-bond donors (Lipinski definition) is 1. The zero-order valence-electron chi connectivity index (χ0n) is 17.1. The van der Waals surface area contributed by atoms with E-state index >= 15 is 0 Å². The number of carbonyl (C=O) groups is 2. The van der Waals surface area contributed by atoms with E-state index < -0.39 is 6.04 Å². The van der Waals surface area contributed by atoms with Crippen molar-refractivity contribution in [1.82, 2.24) is 10.2 Å². The van der Waals surface area contributed by atoms with Crippen molar-refractivity contribution in [3.8, 4) is 5.75 Å². The number of ether oxygens (including phenoxy) is 1. The molecule has 2 aromatic carbocycles. The SMILES string of the molecule is CC[C@H](C(=O)NC(C)C)N(Cc1ccccc1Cl)C(=O)COc1ccc(Cl)cc1Cl. The molecule has 5 nitrogen and oxygen atoms in total. The Bertz CT molecular complexity index is 890. The highest BCUT2D eigenvalue weighted by molar-refractivity contribution is 6.35. The van der Waals surface area contributed by atoms with E-state index in [-0.39, 0.29) is 31.0 Å². The molecule has 0 bridgehead atoms. The van der Waals surface area contributed by atoms with E-state index in [0.29, 0.717) is 27.2 Å². The second kappa shape index (κ2) is 11.4. The summed E-state index contributed by atoms with van der Waals surface area (Å²) < 4.78 is 5.61. The molecule has 0 spiro atoms. The molecular weight excluding hydrogens is 447 g/mol. The minimum atomic E-state index is -0.666. The van der Waals surface area contributed by atoms with Crippen molar-refractivity contribution in [3.05, 3.63) is 63.1 Å². The van der Waals surface area contributed by atoms with Crippen molar-refractivity contribution >= 4 is 46.6 Å². The highest BCUT2D eigenvalue weighted by atomic mass is 35.5. The molecule has 0 aliphatic heterocycles. The van der Waals surface area contributed by atoms with Gasteiger partial charge in [-0.1, -0.05) is 59.9 Å². The molecule has 1 atom stereocenters. The Kier molecular flexibility index (Phi) is 9.28. The maximum atomic E-state index is 13.1. The summed E-state index contributed by atoms with van der Waals surface area (Å²) in [5.74, 6) is -0.240. The van der Waals surface area contributed by atoms with Gasteiger partial charge >= 0.3 is 0 Å². The quantitative estimate of drug-likeness (QED) is 0.536. The van der Waals surface area contributed by atoms with E-state index in [1.54, 1.807) is 18.2 Å². The van der Waals surface area contributed by atoms with Gasteiger partial charge in [-0.2, -0.15) is 0 Å². The van der Waals surface area contributed by atoms with Crippen molar-refractivity contribution in [3.63, 3.8) is 0 Å². The number of benzene rings is 2. The van der Waals surface area contributed by atoms with Crippen LogP contribution in [0.2, 0.25) is 15.1 Å². The number of amides is 2. The number of hydrogen-bond acceptors (Lipinski definition) is 3. The summed E-state index contributed by atoms with van der Waals surface area (Å²) in [4.78, 5) is 27.4. The van der Waals surface area contributed by atoms with Crippen molar-refractivity contribution in [2.75, 3.05) is 6.61 Å². The van der Waals surface area contributed by atoms with E-state index in [9.17, 15) is 9.59 Å². The number of nitrogens with one attached hydrogen (secondary N) is 1. The fourth-order valence-corrected chi connectivity index (χ4v) is 3.58. The Morgan fingerprint density at radius 1 is 1.07 bits per heavy atom. The van der Waals surface area contributed by atoms with Crippen LogP contribution in [0.25, 0.3) is 0 Å². The van der Waals surface area contributed by atoms with Gasteiger partial charge in [0.2, 0.25) is 5.91 Å². The van der Waals surface area contributed by atoms with E-state index in [4.69, 9.17) is 39.5 Å². The van der Waals surface area contributed by atoms with Crippen molar-refractivity contribution < 1.29 is 14.3 Å². The fraction of sp³-hybridized carbons (Fsp3) is 0.364. The van der Waals surface area contributed by atoms with E-state index in [2.05, 4.69) is 5.32 Å². The summed E-state index contributed by atoms with van der Waals surface area (Å²) in [6.45, 7) is 5.50. The zero-order chi connectivity index (χ0) is 22.3. The zero-order valence-corrected chi connectivity index (χ0v) is 19.4. The molecule has 0 fully saturated rings. The topological polar surface area (TPSA) is 58.6 Å². The monoisotopic (exact) mass is 470 g/mol. The van der Waals surface area contributed by atoms with E-state index in [0.717, 1.165) is 5.56 Å². The number of carbonyl (C=O) groups excluding carboxylic acids is 2. The molecule has 162 valence electrons. The summed E-state index contributed by atoms with van der Waals surface area (Å²) in [6.07, 6.45) is 0.441. The van der Waals surface area contributed by atoms with Crippen LogP contribution in [-0.4, -0.2) is 35.4 Å². The lowest BCUT2D eigenvalue weighted by Gasteiger charge is -2.31. The number of rotatable bonds is 9. The highest BCUT2D eigenvalue weighted by Gasteiger charge is 2.29. The maximum absolute atomic E-state index is 13.1. The molecule has 8 heteroatoms. The van der Waals surface area contributed by atoms with Gasteiger partial charge in [0.15, 0.2) is 6.61 Å². The fourth-order valence-electron chi connectivity index (χ4n) is 2.93. The first-order valence-corrected chi connectivity index (χ1v) is 10.8. The van der Waals surface area contributed by atoms with Crippen LogP contribution in [0.4, 0.5) is 0 Å². The van der Waals surface area contributed by atoms with Crippen LogP contribution in [0, 0.1) is 0 Å². The molecule has 2 aromatic rings. The third-order valence-electron chi connectivity index (χ3n) is 4.36. The average molecular weight is 472 g/mol. The standard InChI is InChI=1S/C22H25Cl3N2O3/c1-4-19(22(29)26-14(2)3)27(12-15-7-5-6-8-17(15)24)21(28)13-30-20-10-9-16(23)11-18(20)25/h5-11,14,19H,4,12-13H2,1-3H3,(H,26,29)/t19-/m1/s1. The smallest absolute Gasteiger partial charge is 0.261 e. The van der Waals surface area contributed by atoms with Gasteiger partial charge in [0.1, 0.15) is 11.8 Å². The third-order valence-corrected chi connectivity index (χ3v) is 5.26. The lowest BCUT2D eigenvalue weighted by atomic mass is 10.1. The molecule has 0 radical (unpaired) electrons. The second-order valence-electron chi connectivity index (χ2n) is 7.06. The summed E-state index contributed by atoms with van der Waals surface area (Å²) >= 11 is 18.3. The van der Waals surface area contributed by atoms with Gasteiger partial charge < -0.3 is 15.0 Å². The first kappa shape index (κ1) is 24.3. The van der Waals surface area contributed by atoms with Crippen LogP contribution in [0.15, 0.2) is 42.5 Å². The molecule has 0 heterocycles. The summed E-state index contributed by atoms with van der Waals surface area (Å²) in [6, 6.07) is 11.3. The number of nitrogens with zero attached hydrogens (tertiary/aromatic N) is 1. The maximum Gasteiger partial charge on any atom is 0.261 e. The average Bonchev–Trinajstić information content (AvgIpc) is 2.67. The van der Waals surface area contributed by atoms with E-state index in [1.807, 2.05) is 39.0 Å². The molecule has 2 amide bonds. The van der Waals surface area contributed by atoms with Gasteiger partial charge in [0.25, 0.3) is 5.91 Å². The van der Waals surface area contributed by atoms with Gasteiger partial charge in [-0.3, -0.25) is 9.59 Å². The van der Waals surface area contributed by atoms with Crippen LogP contribution < -0.4 is 10.1 Å². The third kappa shape index (κ3) is 6.79. The predicted molar refractivity (Wildman–Crippen MR) is 121 cm³/mol. The Morgan fingerprint density at radius 2 is 1.77 bits per heavy atom. The lowest BCUT2D eigenvalue weighted by Crippen LogP contribution is -2.51. The Labute approximate surface area is 192 Å². The van der Waals surface area contributed by atoms with Gasteiger partial charge in [0, 0.05) is 22.6 Å². The van der Waals surface area contributed by atoms with Crippen LogP contribution >= 0.6 is 34.8 Å². The summed E-state index contributed by atoms with van der Waals surface area (Å²) in [5, 5.41) is 4.17. The molecule has 0 aliphatic carbocycles. The van der Waals surface area contributed by atoms with Gasteiger partial charge in [0.05, 0.1) is 5.02 Å². The molecule has 2 rings (SSSR count). The van der Waals surface area contributed by atoms with Crippen molar-refractivity contribution in [2.45, 2.75) is 45.8 Å². The Morgan fingerprint density at radius 3 is 2.37 bits per heavy atom. The highest BCUT2D eigenvalue weighted by Crippen LogP contribution is 2.28. The molecule has 0 aromatic heterocycles. The first-order chi connectivity index (χ1) is 14.2. The molecule has 0 aliphatic rings. The molecule has 1 N–H and O–H groups in total. The largest absolute Gasteiger partial charge is 0.482 e. The van der Waals surface area contributed by atoms with Crippen molar-refractivity contribution in [1.29, 1.82) is 0 Å². The molecule has 0 saturated carbocycles. The predicted octanol–water partition coefficient (Wildman–Crippen LogP) is 5.36. The molecular formula is C22H25Cl3N2O3. The van der Waals surface area contributed by atoms with Gasteiger partial charge in [-0.15, -0.1) is 0 Å². The Hall–Kier alpha value is -1.95. The van der Waals surface area contributed by atoms with Crippen molar-refractivity contribution in [2.24, 2.45) is 0 Å². The summed E-state index contributed by atoms with van der Waals surface area (Å²) in [7, 11) is 0. The minimum Gasteiger partial charge on any atom is -0.482 e. The summed E-state index contributed by atoms with van der Waals surface area (Å²) in [5.41, 5.74) is 0.743. The van der Waals surface area contributed by atoms with Crippen LogP contribution in [0.1, 0.15) is 32.8 Å². The second-order valence-corrected chi connectivity index (χ2v) is 8.31. The minimum absolute atomic E-state index is 0.0482.